The van der Waals surface area contributed by atoms with Crippen molar-refractivity contribution in [2.24, 2.45) is 0 Å². The Morgan fingerprint density at radius 2 is 1.86 bits per heavy atom. The number of aliphatic hydroxyl groups is 1. The monoisotopic (exact) mass is 556 g/mol. The van der Waals surface area contributed by atoms with E-state index in [1.807, 2.05) is 41.5 Å². The van der Waals surface area contributed by atoms with Gasteiger partial charge in [0.15, 0.2) is 13.5 Å². The SMILES string of the molecule is [B]C(O)(OP1OCc2c(F)c(C(C)(C)C)cc(C(C)(C)C)c2O1)C(CCn1cc(Cl)c(=O)[nH]c1=O)OC. The van der Waals surface area contributed by atoms with Gasteiger partial charge in [-0.25, -0.2) is 9.18 Å². The van der Waals surface area contributed by atoms with Crippen molar-refractivity contribution in [1.29, 1.82) is 0 Å². The van der Waals surface area contributed by atoms with E-state index in [-0.39, 0.29) is 30.2 Å². The number of halogens is 2. The Labute approximate surface area is 222 Å². The van der Waals surface area contributed by atoms with Gasteiger partial charge in [0.05, 0.1) is 12.2 Å². The zero-order chi connectivity index (χ0) is 27.9. The zero-order valence-electron chi connectivity index (χ0n) is 22.0. The van der Waals surface area contributed by atoms with Crippen LogP contribution >= 0.6 is 20.2 Å². The molecule has 0 spiro atoms. The Hall–Kier alpha value is -1.75. The molecule has 0 bridgehead atoms. The van der Waals surface area contributed by atoms with Crippen molar-refractivity contribution in [1.82, 2.24) is 9.55 Å². The summed E-state index contributed by atoms with van der Waals surface area (Å²) in [6, 6.07) is 1.80. The van der Waals surface area contributed by atoms with E-state index >= 15 is 4.39 Å². The van der Waals surface area contributed by atoms with Crippen LogP contribution in [0.15, 0.2) is 21.9 Å². The number of nitrogens with zero attached hydrogens (tertiary/aromatic N) is 1. The fraction of sp³-hybridized carbons (Fsp3) is 0.583. The lowest BCUT2D eigenvalue weighted by Gasteiger charge is -2.37. The number of hydrogen-bond donors (Lipinski definition) is 2. The molecule has 1 aromatic carbocycles. The first-order valence-electron chi connectivity index (χ1n) is 11.7. The second kappa shape index (κ2) is 10.8. The van der Waals surface area contributed by atoms with E-state index in [1.165, 1.54) is 13.3 Å². The number of aromatic nitrogens is 2. The third-order valence-electron chi connectivity index (χ3n) is 5.97. The van der Waals surface area contributed by atoms with Crippen LogP contribution in [0.5, 0.6) is 5.75 Å². The molecule has 2 aromatic rings. The number of ether oxygens (including phenoxy) is 1. The summed E-state index contributed by atoms with van der Waals surface area (Å²) in [4.78, 5) is 25.6. The van der Waals surface area contributed by atoms with Crippen LogP contribution in [-0.4, -0.2) is 41.4 Å². The molecule has 3 rings (SSSR count). The summed E-state index contributed by atoms with van der Waals surface area (Å²) in [7, 11) is 5.10. The third kappa shape index (κ3) is 6.64. The first-order chi connectivity index (χ1) is 17.0. The van der Waals surface area contributed by atoms with E-state index in [4.69, 9.17) is 37.8 Å². The van der Waals surface area contributed by atoms with Gasteiger partial charge in [0, 0.05) is 25.4 Å². The van der Waals surface area contributed by atoms with Crippen LogP contribution < -0.4 is 15.8 Å². The van der Waals surface area contributed by atoms with Crippen molar-refractivity contribution in [3.05, 3.63) is 60.6 Å². The van der Waals surface area contributed by atoms with Crippen LogP contribution in [-0.2, 0) is 37.8 Å². The minimum Gasteiger partial charge on any atom is -0.426 e. The zero-order valence-corrected chi connectivity index (χ0v) is 23.6. The fourth-order valence-electron chi connectivity index (χ4n) is 3.87. The predicted octanol–water partition coefficient (Wildman–Crippen LogP) is 4.00. The smallest absolute Gasteiger partial charge is 0.399 e. The van der Waals surface area contributed by atoms with Crippen molar-refractivity contribution >= 4 is 28.0 Å². The van der Waals surface area contributed by atoms with E-state index in [2.05, 4.69) is 4.98 Å². The highest BCUT2D eigenvalue weighted by molar-refractivity contribution is 7.42. The van der Waals surface area contributed by atoms with Crippen molar-refractivity contribution in [2.75, 3.05) is 7.11 Å². The molecule has 13 heteroatoms. The number of rotatable bonds is 7. The second-order valence-corrected chi connectivity index (χ2v) is 12.4. The lowest BCUT2D eigenvalue weighted by Crippen LogP contribution is -2.47. The molecular formula is C24H32BClFN2O7P. The molecule has 37 heavy (non-hydrogen) atoms. The number of H-pyrrole nitrogens is 1. The molecule has 0 saturated carbocycles. The molecule has 202 valence electrons. The van der Waals surface area contributed by atoms with Crippen LogP contribution in [0.1, 0.15) is 64.7 Å². The number of methoxy groups -OCH3 is 1. The van der Waals surface area contributed by atoms with E-state index in [9.17, 15) is 14.7 Å². The van der Waals surface area contributed by atoms with Crippen LogP contribution in [0.25, 0.3) is 0 Å². The van der Waals surface area contributed by atoms with E-state index in [1.54, 1.807) is 6.07 Å². The predicted molar refractivity (Wildman–Crippen MR) is 140 cm³/mol. The molecule has 0 amide bonds. The van der Waals surface area contributed by atoms with Crippen LogP contribution in [0.4, 0.5) is 4.39 Å². The molecule has 1 aliphatic heterocycles. The van der Waals surface area contributed by atoms with E-state index in [0.717, 1.165) is 10.1 Å². The number of benzene rings is 1. The van der Waals surface area contributed by atoms with E-state index in [0.29, 0.717) is 11.3 Å². The van der Waals surface area contributed by atoms with Gasteiger partial charge < -0.3 is 14.4 Å². The molecule has 2 heterocycles. The Bertz CT molecular complexity index is 1270. The first kappa shape index (κ1) is 29.8. The maximum Gasteiger partial charge on any atom is 0.399 e. The minimum absolute atomic E-state index is 0.00233. The quantitative estimate of drug-likeness (QED) is 0.301. The summed E-state index contributed by atoms with van der Waals surface area (Å²) in [6.45, 7) is 11.6. The summed E-state index contributed by atoms with van der Waals surface area (Å²) >= 11 is 5.79. The van der Waals surface area contributed by atoms with Crippen molar-refractivity contribution in [3.8, 4) is 5.75 Å². The molecule has 1 aromatic heterocycles. The largest absolute Gasteiger partial charge is 0.426 e. The maximum absolute atomic E-state index is 15.5. The van der Waals surface area contributed by atoms with Gasteiger partial charge in [-0.3, -0.25) is 23.4 Å². The molecule has 0 fully saturated rings. The highest BCUT2D eigenvalue weighted by atomic mass is 35.5. The highest BCUT2D eigenvalue weighted by Gasteiger charge is 2.41. The van der Waals surface area contributed by atoms with Gasteiger partial charge in [0.1, 0.15) is 22.7 Å². The van der Waals surface area contributed by atoms with Gasteiger partial charge in [0.2, 0.25) is 0 Å². The number of hydrogen-bond acceptors (Lipinski definition) is 7. The number of fused-ring (bicyclic) bond motifs is 1. The molecule has 2 radical (unpaired) electrons. The van der Waals surface area contributed by atoms with Crippen molar-refractivity contribution in [2.45, 2.75) is 83.7 Å². The average molecular weight is 557 g/mol. The minimum atomic E-state index is -2.39. The molecule has 3 atom stereocenters. The number of nitrogens with one attached hydrogen (secondary N) is 1. The van der Waals surface area contributed by atoms with Gasteiger partial charge in [-0.1, -0.05) is 53.1 Å². The van der Waals surface area contributed by atoms with Crippen molar-refractivity contribution < 1.29 is 27.8 Å². The fourth-order valence-corrected chi connectivity index (χ4v) is 5.13. The van der Waals surface area contributed by atoms with Crippen LogP contribution in [0.3, 0.4) is 0 Å². The summed E-state index contributed by atoms with van der Waals surface area (Å²) in [5, 5.41) is 10.7. The topological polar surface area (TPSA) is 112 Å². The summed E-state index contributed by atoms with van der Waals surface area (Å²) in [6.07, 6.45) is 0.0417. The molecule has 9 nitrogen and oxygen atoms in total. The van der Waals surface area contributed by atoms with Crippen molar-refractivity contribution in [3.63, 3.8) is 0 Å². The summed E-state index contributed by atoms with van der Waals surface area (Å²) < 4.78 is 39.1. The van der Waals surface area contributed by atoms with Gasteiger partial charge in [-0.2, -0.15) is 0 Å². The molecule has 3 unspecified atom stereocenters. The normalized spacial score (nSPS) is 18.6. The first-order valence-corrected chi connectivity index (χ1v) is 13.1. The highest BCUT2D eigenvalue weighted by Crippen LogP contribution is 2.54. The Balaban J connectivity index is 1.83. The lowest BCUT2D eigenvalue weighted by molar-refractivity contribution is -0.161. The summed E-state index contributed by atoms with van der Waals surface area (Å²) in [5.41, 5.74) is -3.03. The summed E-state index contributed by atoms with van der Waals surface area (Å²) in [5.74, 6) is -0.109. The Kier molecular flexibility index (Phi) is 8.69. The van der Waals surface area contributed by atoms with Gasteiger partial charge in [-0.05, 0) is 28.9 Å². The Morgan fingerprint density at radius 3 is 2.43 bits per heavy atom. The Morgan fingerprint density at radius 1 is 1.24 bits per heavy atom. The van der Waals surface area contributed by atoms with Crippen LogP contribution in [0, 0.1) is 5.82 Å². The second-order valence-electron chi connectivity index (χ2n) is 11.0. The maximum atomic E-state index is 15.5. The van der Waals surface area contributed by atoms with Gasteiger partial charge >= 0.3 is 14.3 Å². The molecule has 0 saturated heterocycles. The molecule has 0 aliphatic carbocycles. The third-order valence-corrected chi connectivity index (χ3v) is 7.35. The standard InChI is InChI=1S/C24H32BClFN2O7P/c1-22(2,3)14-10-15(23(4,5)6)19-13(18(14)27)12-34-37(35-19)36-24(25,32)17(33-7)8-9-29-11-16(26)20(30)28-21(29)31/h10-11,17,32H,8-9,12H2,1-7H3,(H,28,30,31). The van der Waals surface area contributed by atoms with Gasteiger partial charge in [0.25, 0.3) is 5.56 Å². The molecular weight excluding hydrogens is 525 g/mol. The van der Waals surface area contributed by atoms with Crippen LogP contribution in [0.2, 0.25) is 5.02 Å². The lowest BCUT2D eigenvalue weighted by atomic mass is 9.78. The molecule has 1 aliphatic rings. The van der Waals surface area contributed by atoms with Gasteiger partial charge in [-0.15, -0.1) is 0 Å². The molecule has 2 N–H and O–H groups in total. The number of aromatic amines is 1. The number of aryl methyl sites for hydroxylation is 1. The average Bonchev–Trinajstić information content (AvgIpc) is 2.75. The van der Waals surface area contributed by atoms with E-state index < -0.39 is 48.3 Å².